The smallest absolute Gasteiger partial charge is 0.415 e. The first-order valence-corrected chi connectivity index (χ1v) is 12.1. The summed E-state index contributed by atoms with van der Waals surface area (Å²) < 4.78 is 19.6. The molecule has 2 saturated heterocycles. The molecule has 2 aliphatic heterocycles. The maximum absolute atomic E-state index is 14.1. The van der Waals surface area contributed by atoms with E-state index in [4.69, 9.17) is 4.74 Å². The first-order valence-electron chi connectivity index (χ1n) is 12.1. The van der Waals surface area contributed by atoms with Gasteiger partial charge in [-0.3, -0.25) is 9.69 Å². The van der Waals surface area contributed by atoms with Crippen molar-refractivity contribution in [2.24, 2.45) is 0 Å². The molecular formula is C29H29FN2O3. The largest absolute Gasteiger partial charge is 0.441 e. The highest BCUT2D eigenvalue weighted by Crippen LogP contribution is 2.38. The molecule has 0 saturated carbocycles. The fourth-order valence-electron chi connectivity index (χ4n) is 5.37. The van der Waals surface area contributed by atoms with Gasteiger partial charge in [-0.05, 0) is 49.1 Å². The van der Waals surface area contributed by atoms with Crippen LogP contribution in [0.2, 0.25) is 0 Å². The molecule has 1 atom stereocenters. The summed E-state index contributed by atoms with van der Waals surface area (Å²) in [6.45, 7) is 3.42. The van der Waals surface area contributed by atoms with Gasteiger partial charge in [-0.25, -0.2) is 9.18 Å². The molecule has 5 nitrogen and oxygen atoms in total. The van der Waals surface area contributed by atoms with Gasteiger partial charge in [0.25, 0.3) is 0 Å². The molecule has 0 bridgehead atoms. The molecule has 3 aromatic rings. The van der Waals surface area contributed by atoms with Crippen molar-refractivity contribution in [1.82, 2.24) is 4.90 Å². The quantitative estimate of drug-likeness (QED) is 0.501. The van der Waals surface area contributed by atoms with Crippen molar-refractivity contribution in [3.63, 3.8) is 0 Å². The van der Waals surface area contributed by atoms with Crippen molar-refractivity contribution >= 4 is 17.7 Å². The van der Waals surface area contributed by atoms with Gasteiger partial charge in [-0.2, -0.15) is 0 Å². The van der Waals surface area contributed by atoms with E-state index in [9.17, 15) is 14.0 Å². The molecular weight excluding hydrogens is 443 g/mol. The van der Waals surface area contributed by atoms with Gasteiger partial charge in [-0.1, -0.05) is 66.7 Å². The minimum absolute atomic E-state index is 0.0401. The van der Waals surface area contributed by atoms with E-state index in [1.54, 1.807) is 12.1 Å². The number of hydrogen-bond acceptors (Lipinski definition) is 3. The molecule has 0 aromatic heterocycles. The van der Waals surface area contributed by atoms with Crippen LogP contribution in [-0.2, 0) is 14.9 Å². The highest BCUT2D eigenvalue weighted by Gasteiger charge is 2.48. The fraction of sp³-hybridized carbons (Fsp3) is 0.310. The SMILES string of the molecule is CC(C(=O)N1CCCC2(CC1)CN(c1cccc(F)c1)C(=O)O2)(c1ccccc1)c1ccccc1. The summed E-state index contributed by atoms with van der Waals surface area (Å²) in [6.07, 6.45) is 1.45. The van der Waals surface area contributed by atoms with Crippen LogP contribution in [0.25, 0.3) is 0 Å². The van der Waals surface area contributed by atoms with Crippen LogP contribution in [0.4, 0.5) is 14.9 Å². The Morgan fingerprint density at radius 3 is 2.20 bits per heavy atom. The lowest BCUT2D eigenvalue weighted by Crippen LogP contribution is -2.47. The molecule has 0 radical (unpaired) electrons. The minimum Gasteiger partial charge on any atom is -0.441 e. The van der Waals surface area contributed by atoms with Crippen LogP contribution in [0.3, 0.4) is 0 Å². The van der Waals surface area contributed by atoms with Crippen molar-refractivity contribution in [2.45, 2.75) is 37.2 Å². The summed E-state index contributed by atoms with van der Waals surface area (Å²) in [5, 5.41) is 0. The van der Waals surface area contributed by atoms with E-state index in [0.717, 1.165) is 17.5 Å². The zero-order valence-corrected chi connectivity index (χ0v) is 19.8. The van der Waals surface area contributed by atoms with E-state index >= 15 is 0 Å². The molecule has 2 fully saturated rings. The van der Waals surface area contributed by atoms with Gasteiger partial charge in [0.05, 0.1) is 17.6 Å². The van der Waals surface area contributed by atoms with Gasteiger partial charge >= 0.3 is 6.09 Å². The first kappa shape index (κ1) is 23.1. The Bertz CT molecular complexity index is 1180. The third kappa shape index (κ3) is 4.29. The maximum atomic E-state index is 14.1. The van der Waals surface area contributed by atoms with Crippen LogP contribution in [0, 0.1) is 5.82 Å². The van der Waals surface area contributed by atoms with Gasteiger partial charge in [0.2, 0.25) is 5.91 Å². The summed E-state index contributed by atoms with van der Waals surface area (Å²) >= 11 is 0. The van der Waals surface area contributed by atoms with Crippen LogP contribution in [0.5, 0.6) is 0 Å². The average Bonchev–Trinajstić information content (AvgIpc) is 3.08. The van der Waals surface area contributed by atoms with Crippen LogP contribution in [0.1, 0.15) is 37.3 Å². The van der Waals surface area contributed by atoms with Crippen molar-refractivity contribution < 1.29 is 18.7 Å². The van der Waals surface area contributed by atoms with E-state index in [0.29, 0.717) is 38.2 Å². The Morgan fingerprint density at radius 2 is 1.57 bits per heavy atom. The summed E-state index contributed by atoms with van der Waals surface area (Å²) in [4.78, 5) is 30.3. The third-order valence-electron chi connectivity index (χ3n) is 7.41. The fourth-order valence-corrected chi connectivity index (χ4v) is 5.37. The number of rotatable bonds is 4. The van der Waals surface area contributed by atoms with Gasteiger partial charge in [-0.15, -0.1) is 0 Å². The number of likely N-dealkylation sites (tertiary alicyclic amines) is 1. The van der Waals surface area contributed by atoms with E-state index < -0.39 is 22.9 Å². The molecule has 1 unspecified atom stereocenters. The number of ether oxygens (including phenoxy) is 1. The normalized spacial score (nSPS) is 20.6. The zero-order valence-electron chi connectivity index (χ0n) is 19.8. The van der Waals surface area contributed by atoms with E-state index in [1.807, 2.05) is 72.5 Å². The Hall–Kier alpha value is -3.67. The Morgan fingerprint density at radius 1 is 0.914 bits per heavy atom. The summed E-state index contributed by atoms with van der Waals surface area (Å²) in [6, 6.07) is 25.7. The third-order valence-corrected chi connectivity index (χ3v) is 7.41. The molecule has 1 spiro atoms. The summed E-state index contributed by atoms with van der Waals surface area (Å²) in [5.41, 5.74) is 0.859. The lowest BCUT2D eigenvalue weighted by molar-refractivity contribution is -0.135. The predicted molar refractivity (Wildman–Crippen MR) is 133 cm³/mol. The molecule has 2 heterocycles. The van der Waals surface area contributed by atoms with Crippen molar-refractivity contribution in [2.75, 3.05) is 24.5 Å². The topological polar surface area (TPSA) is 49.9 Å². The predicted octanol–water partition coefficient (Wildman–Crippen LogP) is 5.54. The molecule has 2 aliphatic rings. The zero-order chi connectivity index (χ0) is 24.5. The molecule has 6 heteroatoms. The van der Waals surface area contributed by atoms with Crippen molar-refractivity contribution in [3.8, 4) is 0 Å². The second-order valence-corrected chi connectivity index (χ2v) is 9.62. The molecule has 0 N–H and O–H groups in total. The van der Waals surface area contributed by atoms with Gasteiger partial charge in [0.1, 0.15) is 11.4 Å². The lowest BCUT2D eigenvalue weighted by Gasteiger charge is -2.35. The van der Waals surface area contributed by atoms with E-state index in [2.05, 4.69) is 0 Å². The second kappa shape index (κ2) is 9.17. The second-order valence-electron chi connectivity index (χ2n) is 9.62. The molecule has 35 heavy (non-hydrogen) atoms. The molecule has 5 rings (SSSR count). The monoisotopic (exact) mass is 472 g/mol. The van der Waals surface area contributed by atoms with Gasteiger partial charge in [0, 0.05) is 19.5 Å². The number of amides is 2. The molecule has 0 aliphatic carbocycles. The summed E-state index contributed by atoms with van der Waals surface area (Å²) in [7, 11) is 0. The Kier molecular flexibility index (Phi) is 6.05. The number of nitrogens with zero attached hydrogens (tertiary/aromatic N) is 2. The Labute approximate surface area is 205 Å². The number of anilines is 1. The highest BCUT2D eigenvalue weighted by molar-refractivity contribution is 5.92. The van der Waals surface area contributed by atoms with Crippen molar-refractivity contribution in [1.29, 1.82) is 0 Å². The first-order chi connectivity index (χ1) is 16.9. The number of carbonyl (C=O) groups excluding carboxylic acids is 2. The van der Waals surface area contributed by atoms with Gasteiger partial charge < -0.3 is 9.64 Å². The average molecular weight is 473 g/mol. The van der Waals surface area contributed by atoms with Crippen molar-refractivity contribution in [3.05, 3.63) is 102 Å². The molecule has 2 amide bonds. The number of hydrogen-bond donors (Lipinski definition) is 0. The van der Waals surface area contributed by atoms with Gasteiger partial charge in [0.15, 0.2) is 0 Å². The minimum atomic E-state index is -0.833. The molecule has 180 valence electrons. The molecule has 3 aromatic carbocycles. The Balaban J connectivity index is 1.39. The lowest BCUT2D eigenvalue weighted by atomic mass is 9.75. The standard InChI is InChI=1S/C29H29FN2O3/c1-28(22-10-4-2-5-11-22,23-12-6-3-7-13-23)26(33)31-18-9-16-29(17-19-31)21-32(27(34)35-29)25-15-8-14-24(30)20-25/h2-8,10-15,20H,9,16-19,21H2,1H3. The number of benzene rings is 3. The summed E-state index contributed by atoms with van der Waals surface area (Å²) in [5.74, 6) is -0.353. The van der Waals surface area contributed by atoms with Crippen LogP contribution in [0.15, 0.2) is 84.9 Å². The van der Waals surface area contributed by atoms with Crippen LogP contribution < -0.4 is 4.90 Å². The number of halogens is 1. The van der Waals surface area contributed by atoms with Crippen LogP contribution in [-0.4, -0.2) is 42.1 Å². The van der Waals surface area contributed by atoms with E-state index in [1.165, 1.54) is 17.0 Å². The highest BCUT2D eigenvalue weighted by atomic mass is 19.1. The van der Waals surface area contributed by atoms with E-state index in [-0.39, 0.29) is 5.91 Å². The van der Waals surface area contributed by atoms with Crippen LogP contribution >= 0.6 is 0 Å². The number of carbonyl (C=O) groups is 2. The maximum Gasteiger partial charge on any atom is 0.415 e.